The van der Waals surface area contributed by atoms with E-state index in [4.69, 9.17) is 4.74 Å². The van der Waals surface area contributed by atoms with Gasteiger partial charge in [-0.25, -0.2) is 0 Å². The summed E-state index contributed by atoms with van der Waals surface area (Å²) in [6.45, 7) is 7.15. The molecule has 0 amide bonds. The number of hydrogen-bond acceptors (Lipinski definition) is 2. The van der Waals surface area contributed by atoms with E-state index in [2.05, 4.69) is 13.8 Å². The number of rotatable bonds is 10. The Morgan fingerprint density at radius 2 is 1.69 bits per heavy atom. The Morgan fingerprint density at radius 3 is 2.31 bits per heavy atom. The molecule has 0 radical (unpaired) electrons. The molecule has 0 atom stereocenters. The van der Waals surface area contributed by atoms with Gasteiger partial charge in [-0.1, -0.05) is 52.9 Å². The Hall–Kier alpha value is -0.530. The molecule has 0 unspecified atom stereocenters. The fraction of sp³-hybridized carbons (Fsp3) is 0.929. The molecule has 0 aliphatic carbocycles. The number of carbonyl (C=O) groups is 1. The number of unbranched alkanes of at least 4 members (excludes halogenated alkanes) is 4. The standard InChI is InChI=1S/C14H28O2/c1-4-10-14(15)16-12-9-7-5-6-8-11-13(2)3/h13H,4-12H2,1-3H3. The van der Waals surface area contributed by atoms with Gasteiger partial charge in [0.15, 0.2) is 0 Å². The minimum absolute atomic E-state index is 0.0395. The normalized spacial score (nSPS) is 10.8. The van der Waals surface area contributed by atoms with Crippen LogP contribution in [-0.2, 0) is 9.53 Å². The third-order valence-corrected chi connectivity index (χ3v) is 2.64. The summed E-state index contributed by atoms with van der Waals surface area (Å²) in [6, 6.07) is 0. The van der Waals surface area contributed by atoms with Gasteiger partial charge in [-0.3, -0.25) is 4.79 Å². The maximum atomic E-state index is 11.0. The van der Waals surface area contributed by atoms with Gasteiger partial charge in [0.2, 0.25) is 0 Å². The Kier molecular flexibility index (Phi) is 10.6. The van der Waals surface area contributed by atoms with E-state index in [0.29, 0.717) is 13.0 Å². The molecule has 0 heterocycles. The lowest BCUT2D eigenvalue weighted by Gasteiger charge is -2.05. The summed E-state index contributed by atoms with van der Waals surface area (Å²) in [5.74, 6) is 0.789. The molecule has 0 aromatic rings. The van der Waals surface area contributed by atoms with Crippen molar-refractivity contribution in [3.05, 3.63) is 0 Å². The Balaban J connectivity index is 3.07. The maximum absolute atomic E-state index is 11.0. The molecule has 0 fully saturated rings. The van der Waals surface area contributed by atoms with E-state index in [1.807, 2.05) is 6.92 Å². The third kappa shape index (κ3) is 11.5. The summed E-state index contributed by atoms with van der Waals surface area (Å²) >= 11 is 0. The molecular formula is C14H28O2. The van der Waals surface area contributed by atoms with Gasteiger partial charge in [0.1, 0.15) is 0 Å². The van der Waals surface area contributed by atoms with Crippen molar-refractivity contribution in [2.75, 3.05) is 6.61 Å². The van der Waals surface area contributed by atoms with Crippen LogP contribution in [0, 0.1) is 5.92 Å². The summed E-state index contributed by atoms with van der Waals surface area (Å²) in [5, 5.41) is 0. The molecule has 0 aromatic carbocycles. The zero-order chi connectivity index (χ0) is 12.2. The summed E-state index contributed by atoms with van der Waals surface area (Å²) < 4.78 is 5.09. The van der Waals surface area contributed by atoms with E-state index in [1.165, 1.54) is 32.1 Å². The van der Waals surface area contributed by atoms with Gasteiger partial charge in [0, 0.05) is 6.42 Å². The first-order valence-corrected chi connectivity index (χ1v) is 6.82. The highest BCUT2D eigenvalue weighted by atomic mass is 16.5. The zero-order valence-electron chi connectivity index (χ0n) is 11.3. The molecule has 0 aromatic heterocycles. The number of carbonyl (C=O) groups excluding carboxylic acids is 1. The van der Waals surface area contributed by atoms with E-state index in [9.17, 15) is 4.79 Å². The molecule has 96 valence electrons. The molecule has 2 heteroatoms. The number of hydrogen-bond donors (Lipinski definition) is 0. The second-order valence-corrected chi connectivity index (χ2v) is 4.92. The summed E-state index contributed by atoms with van der Waals surface area (Å²) in [6.07, 6.45) is 8.94. The lowest BCUT2D eigenvalue weighted by atomic mass is 10.0. The topological polar surface area (TPSA) is 26.3 Å². The molecule has 2 nitrogen and oxygen atoms in total. The largest absolute Gasteiger partial charge is 0.466 e. The second-order valence-electron chi connectivity index (χ2n) is 4.92. The maximum Gasteiger partial charge on any atom is 0.305 e. The highest BCUT2D eigenvalue weighted by Crippen LogP contribution is 2.10. The predicted octanol–water partition coefficient (Wildman–Crippen LogP) is 4.33. The predicted molar refractivity (Wildman–Crippen MR) is 68.4 cm³/mol. The van der Waals surface area contributed by atoms with Gasteiger partial charge < -0.3 is 4.74 Å². The van der Waals surface area contributed by atoms with Crippen LogP contribution in [0.4, 0.5) is 0 Å². The van der Waals surface area contributed by atoms with Crippen molar-refractivity contribution in [2.45, 2.75) is 72.1 Å². The van der Waals surface area contributed by atoms with Gasteiger partial charge in [-0.05, 0) is 18.8 Å². The van der Waals surface area contributed by atoms with Crippen LogP contribution < -0.4 is 0 Å². The SMILES string of the molecule is CCCC(=O)OCCCCCCCC(C)C. The van der Waals surface area contributed by atoms with Crippen molar-refractivity contribution in [3.8, 4) is 0 Å². The van der Waals surface area contributed by atoms with Crippen molar-refractivity contribution < 1.29 is 9.53 Å². The minimum Gasteiger partial charge on any atom is -0.466 e. The van der Waals surface area contributed by atoms with Crippen LogP contribution in [0.3, 0.4) is 0 Å². The lowest BCUT2D eigenvalue weighted by molar-refractivity contribution is -0.143. The van der Waals surface area contributed by atoms with Crippen LogP contribution in [0.5, 0.6) is 0 Å². The summed E-state index contributed by atoms with van der Waals surface area (Å²) in [7, 11) is 0. The average molecular weight is 228 g/mol. The van der Waals surface area contributed by atoms with E-state index in [-0.39, 0.29) is 5.97 Å². The van der Waals surface area contributed by atoms with Crippen molar-refractivity contribution in [3.63, 3.8) is 0 Å². The molecule has 0 bridgehead atoms. The fourth-order valence-electron chi connectivity index (χ4n) is 1.65. The first-order valence-electron chi connectivity index (χ1n) is 6.82. The third-order valence-electron chi connectivity index (χ3n) is 2.64. The van der Waals surface area contributed by atoms with E-state index in [1.54, 1.807) is 0 Å². The highest BCUT2D eigenvalue weighted by Gasteiger charge is 1.99. The molecule has 16 heavy (non-hydrogen) atoms. The van der Waals surface area contributed by atoms with E-state index >= 15 is 0 Å². The Labute approximate surface area is 101 Å². The molecule has 0 aliphatic heterocycles. The minimum atomic E-state index is -0.0395. The second kappa shape index (κ2) is 11.0. The first-order chi connectivity index (χ1) is 7.66. The van der Waals surface area contributed by atoms with Crippen LogP contribution >= 0.6 is 0 Å². The molecule has 0 saturated heterocycles. The molecule has 0 spiro atoms. The zero-order valence-corrected chi connectivity index (χ0v) is 11.3. The lowest BCUT2D eigenvalue weighted by Crippen LogP contribution is -2.04. The Morgan fingerprint density at radius 1 is 1.06 bits per heavy atom. The summed E-state index contributed by atoms with van der Waals surface area (Å²) in [5.41, 5.74) is 0. The molecule has 0 aliphatic rings. The van der Waals surface area contributed by atoms with Crippen molar-refractivity contribution in [1.29, 1.82) is 0 Å². The van der Waals surface area contributed by atoms with Crippen LogP contribution in [-0.4, -0.2) is 12.6 Å². The smallest absolute Gasteiger partial charge is 0.305 e. The average Bonchev–Trinajstić information content (AvgIpc) is 2.22. The number of ether oxygens (including phenoxy) is 1. The Bertz CT molecular complexity index is 164. The molecule has 0 rings (SSSR count). The van der Waals surface area contributed by atoms with Crippen molar-refractivity contribution >= 4 is 5.97 Å². The van der Waals surface area contributed by atoms with Gasteiger partial charge >= 0.3 is 5.97 Å². The van der Waals surface area contributed by atoms with E-state index in [0.717, 1.165) is 18.8 Å². The van der Waals surface area contributed by atoms with Crippen LogP contribution in [0.1, 0.15) is 72.1 Å². The van der Waals surface area contributed by atoms with Crippen molar-refractivity contribution in [1.82, 2.24) is 0 Å². The monoisotopic (exact) mass is 228 g/mol. The van der Waals surface area contributed by atoms with Crippen molar-refractivity contribution in [2.24, 2.45) is 5.92 Å². The number of esters is 1. The first kappa shape index (κ1) is 15.5. The van der Waals surface area contributed by atoms with Gasteiger partial charge in [-0.15, -0.1) is 0 Å². The van der Waals surface area contributed by atoms with E-state index < -0.39 is 0 Å². The van der Waals surface area contributed by atoms with Crippen LogP contribution in [0.2, 0.25) is 0 Å². The summed E-state index contributed by atoms with van der Waals surface area (Å²) in [4.78, 5) is 11.0. The molecular weight excluding hydrogens is 200 g/mol. The van der Waals surface area contributed by atoms with Gasteiger partial charge in [-0.2, -0.15) is 0 Å². The van der Waals surface area contributed by atoms with Gasteiger partial charge in [0.05, 0.1) is 6.61 Å². The van der Waals surface area contributed by atoms with Crippen LogP contribution in [0.15, 0.2) is 0 Å². The fourth-order valence-corrected chi connectivity index (χ4v) is 1.65. The molecule has 0 saturated carbocycles. The quantitative estimate of drug-likeness (QED) is 0.411. The highest BCUT2D eigenvalue weighted by molar-refractivity contribution is 5.69. The molecule has 0 N–H and O–H groups in total. The van der Waals surface area contributed by atoms with Gasteiger partial charge in [0.25, 0.3) is 0 Å². The van der Waals surface area contributed by atoms with Crippen LogP contribution in [0.25, 0.3) is 0 Å².